The highest BCUT2D eigenvalue weighted by molar-refractivity contribution is 5.80. The van der Waals surface area contributed by atoms with Gasteiger partial charge >= 0.3 is 0 Å². The summed E-state index contributed by atoms with van der Waals surface area (Å²) in [4.78, 5) is 18.4. The maximum atomic E-state index is 13.0. The summed E-state index contributed by atoms with van der Waals surface area (Å²) in [6.45, 7) is 4.44. The molecule has 22 heavy (non-hydrogen) atoms. The van der Waals surface area contributed by atoms with Gasteiger partial charge in [-0.15, -0.1) is 0 Å². The third kappa shape index (κ3) is 2.73. The summed E-state index contributed by atoms with van der Waals surface area (Å²) in [5.41, 5.74) is 0.912. The maximum Gasteiger partial charge on any atom is 0.232 e. The molecule has 116 valence electrons. The Balaban J connectivity index is 1.75. The molecule has 0 aliphatic carbocycles. The lowest BCUT2D eigenvalue weighted by atomic mass is 10.1. The number of amides is 1. The molecular formula is C16H18FN3O2. The molecular weight excluding hydrogens is 285 g/mol. The quantitative estimate of drug-likeness (QED) is 0.871. The zero-order valence-corrected chi connectivity index (χ0v) is 12.6. The Morgan fingerprint density at radius 2 is 2.14 bits per heavy atom. The van der Waals surface area contributed by atoms with Gasteiger partial charge in [-0.2, -0.15) is 4.98 Å². The van der Waals surface area contributed by atoms with Crippen molar-refractivity contribution in [1.82, 2.24) is 15.0 Å². The minimum absolute atomic E-state index is 0.0538. The highest BCUT2D eigenvalue weighted by Crippen LogP contribution is 2.33. The predicted octanol–water partition coefficient (Wildman–Crippen LogP) is 2.85. The second-order valence-corrected chi connectivity index (χ2v) is 5.58. The lowest BCUT2D eigenvalue weighted by Gasteiger charge is -2.25. The number of hydrogen-bond acceptors (Lipinski definition) is 4. The van der Waals surface area contributed by atoms with E-state index in [0.29, 0.717) is 31.1 Å². The fraction of sp³-hybridized carbons (Fsp3) is 0.438. The van der Waals surface area contributed by atoms with Crippen LogP contribution in [0.25, 0.3) is 0 Å². The van der Waals surface area contributed by atoms with Crippen molar-refractivity contribution in [3.8, 4) is 0 Å². The van der Waals surface area contributed by atoms with Gasteiger partial charge in [0.2, 0.25) is 11.8 Å². The first kappa shape index (κ1) is 14.7. The fourth-order valence-electron chi connectivity index (χ4n) is 2.77. The van der Waals surface area contributed by atoms with Gasteiger partial charge in [0.1, 0.15) is 5.82 Å². The summed E-state index contributed by atoms with van der Waals surface area (Å²) in [7, 11) is 0. The second kappa shape index (κ2) is 5.87. The maximum absolute atomic E-state index is 13.0. The van der Waals surface area contributed by atoms with Crippen LogP contribution in [0.5, 0.6) is 0 Å². The van der Waals surface area contributed by atoms with Crippen LogP contribution >= 0.6 is 0 Å². The van der Waals surface area contributed by atoms with Crippen molar-refractivity contribution in [3.05, 3.63) is 47.4 Å². The van der Waals surface area contributed by atoms with E-state index >= 15 is 0 Å². The molecule has 2 atom stereocenters. The number of aryl methyl sites for hydroxylation is 1. The van der Waals surface area contributed by atoms with Crippen molar-refractivity contribution in [2.24, 2.45) is 0 Å². The van der Waals surface area contributed by atoms with Crippen LogP contribution in [0.1, 0.15) is 49.5 Å². The molecule has 0 N–H and O–H groups in total. The normalized spacial score (nSPS) is 19.7. The molecule has 1 aliphatic rings. The Kier molecular flexibility index (Phi) is 3.92. The van der Waals surface area contributed by atoms with Gasteiger partial charge in [0.05, 0.1) is 12.0 Å². The van der Waals surface area contributed by atoms with Crippen LogP contribution in [0.15, 0.2) is 28.8 Å². The van der Waals surface area contributed by atoms with E-state index in [1.165, 1.54) is 12.1 Å². The van der Waals surface area contributed by atoms with Crippen LogP contribution < -0.4 is 0 Å². The fourth-order valence-corrected chi connectivity index (χ4v) is 2.77. The molecule has 2 heterocycles. The van der Waals surface area contributed by atoms with Gasteiger partial charge in [-0.05, 0) is 24.6 Å². The first-order valence-corrected chi connectivity index (χ1v) is 7.46. The number of carbonyl (C=O) groups is 1. The van der Waals surface area contributed by atoms with Gasteiger partial charge < -0.3 is 9.42 Å². The van der Waals surface area contributed by atoms with E-state index in [9.17, 15) is 9.18 Å². The summed E-state index contributed by atoms with van der Waals surface area (Å²) in [5.74, 6) is 0.896. The van der Waals surface area contributed by atoms with Crippen LogP contribution in [-0.2, 0) is 11.2 Å². The molecule has 1 aromatic heterocycles. The van der Waals surface area contributed by atoms with Crippen LogP contribution in [0.3, 0.4) is 0 Å². The van der Waals surface area contributed by atoms with E-state index in [2.05, 4.69) is 10.1 Å². The van der Waals surface area contributed by atoms with E-state index in [1.54, 1.807) is 17.0 Å². The first-order valence-electron chi connectivity index (χ1n) is 7.46. The number of benzene rings is 1. The number of likely N-dealkylation sites (tertiary alicyclic amines) is 1. The lowest BCUT2D eigenvalue weighted by molar-refractivity contribution is -0.129. The molecule has 2 aromatic rings. The van der Waals surface area contributed by atoms with Gasteiger partial charge in [-0.1, -0.05) is 24.2 Å². The van der Waals surface area contributed by atoms with Gasteiger partial charge in [0.15, 0.2) is 5.82 Å². The van der Waals surface area contributed by atoms with Crippen LogP contribution in [0.4, 0.5) is 4.39 Å². The van der Waals surface area contributed by atoms with E-state index in [1.807, 2.05) is 13.8 Å². The van der Waals surface area contributed by atoms with Crippen LogP contribution in [-0.4, -0.2) is 27.5 Å². The van der Waals surface area contributed by atoms with Gasteiger partial charge in [0, 0.05) is 19.4 Å². The molecule has 0 bridgehead atoms. The topological polar surface area (TPSA) is 59.2 Å². The van der Waals surface area contributed by atoms with Gasteiger partial charge in [-0.3, -0.25) is 4.79 Å². The molecule has 1 saturated heterocycles. The van der Waals surface area contributed by atoms with E-state index < -0.39 is 0 Å². The van der Waals surface area contributed by atoms with Gasteiger partial charge in [-0.25, -0.2) is 4.39 Å². The molecule has 1 aliphatic heterocycles. The Bertz CT molecular complexity index is 668. The van der Waals surface area contributed by atoms with Crippen molar-refractivity contribution >= 4 is 5.91 Å². The van der Waals surface area contributed by atoms with Crippen LogP contribution in [0.2, 0.25) is 0 Å². The molecule has 0 spiro atoms. The minimum Gasteiger partial charge on any atom is -0.339 e. The molecule has 3 rings (SSSR count). The summed E-state index contributed by atoms with van der Waals surface area (Å²) in [5, 5.41) is 3.88. The zero-order chi connectivity index (χ0) is 15.7. The Labute approximate surface area is 128 Å². The highest BCUT2D eigenvalue weighted by atomic mass is 19.1. The molecule has 1 fully saturated rings. The molecule has 0 radical (unpaired) electrons. The number of aromatic nitrogens is 2. The third-order valence-corrected chi connectivity index (χ3v) is 4.13. The molecule has 1 amide bonds. The number of carbonyl (C=O) groups excluding carboxylic acids is 1. The number of nitrogens with zero attached hydrogens (tertiary/aromatic N) is 3. The van der Waals surface area contributed by atoms with Crippen molar-refractivity contribution < 1.29 is 13.7 Å². The van der Waals surface area contributed by atoms with Crippen molar-refractivity contribution in [2.75, 3.05) is 6.54 Å². The van der Waals surface area contributed by atoms with E-state index in [0.717, 1.165) is 5.56 Å². The molecule has 1 aromatic carbocycles. The lowest BCUT2D eigenvalue weighted by Crippen LogP contribution is -2.28. The highest BCUT2D eigenvalue weighted by Gasteiger charge is 2.36. The standard InChI is InChI=1S/C16H18FN3O2/c1-3-14-18-16(22-19-14)12-8-15(21)20(9-12)10(2)11-4-6-13(17)7-5-11/h4-7,10,12H,3,8-9H2,1-2H3. The van der Waals surface area contributed by atoms with Crippen LogP contribution in [0, 0.1) is 5.82 Å². The number of hydrogen-bond donors (Lipinski definition) is 0. The van der Waals surface area contributed by atoms with E-state index in [-0.39, 0.29) is 23.7 Å². The first-order chi connectivity index (χ1) is 10.6. The number of rotatable bonds is 4. The Hall–Kier alpha value is -2.24. The monoisotopic (exact) mass is 303 g/mol. The Morgan fingerprint density at radius 1 is 1.41 bits per heavy atom. The number of halogens is 1. The summed E-state index contributed by atoms with van der Waals surface area (Å²) in [6, 6.07) is 6.14. The van der Waals surface area contributed by atoms with Crippen molar-refractivity contribution in [3.63, 3.8) is 0 Å². The second-order valence-electron chi connectivity index (χ2n) is 5.58. The summed E-state index contributed by atoms with van der Waals surface area (Å²) < 4.78 is 18.3. The summed E-state index contributed by atoms with van der Waals surface area (Å²) in [6.07, 6.45) is 1.08. The molecule has 5 nitrogen and oxygen atoms in total. The van der Waals surface area contributed by atoms with Crippen molar-refractivity contribution in [2.45, 2.75) is 38.6 Å². The largest absolute Gasteiger partial charge is 0.339 e. The van der Waals surface area contributed by atoms with E-state index in [4.69, 9.17) is 4.52 Å². The summed E-state index contributed by atoms with van der Waals surface area (Å²) >= 11 is 0. The average molecular weight is 303 g/mol. The predicted molar refractivity (Wildman–Crippen MR) is 77.6 cm³/mol. The van der Waals surface area contributed by atoms with Crippen molar-refractivity contribution in [1.29, 1.82) is 0 Å². The molecule has 0 saturated carbocycles. The molecule has 2 unspecified atom stereocenters. The minimum atomic E-state index is -0.278. The average Bonchev–Trinajstić information content (AvgIpc) is 3.13. The molecule has 6 heteroatoms. The smallest absolute Gasteiger partial charge is 0.232 e. The SMILES string of the molecule is CCc1noc(C2CC(=O)N(C(C)c3ccc(F)cc3)C2)n1. The third-order valence-electron chi connectivity index (χ3n) is 4.13. The van der Waals surface area contributed by atoms with Gasteiger partial charge in [0.25, 0.3) is 0 Å². The zero-order valence-electron chi connectivity index (χ0n) is 12.6. The Morgan fingerprint density at radius 3 is 2.77 bits per heavy atom.